The van der Waals surface area contributed by atoms with Crippen molar-refractivity contribution in [2.45, 2.75) is 6.42 Å². The maximum absolute atomic E-state index is 13.2. The van der Waals surface area contributed by atoms with Gasteiger partial charge in [-0.3, -0.25) is 4.79 Å². The zero-order chi connectivity index (χ0) is 19.6. The van der Waals surface area contributed by atoms with Crippen molar-refractivity contribution in [2.24, 2.45) is 5.84 Å². The monoisotopic (exact) mass is 431 g/mol. The van der Waals surface area contributed by atoms with Crippen molar-refractivity contribution >= 4 is 39.4 Å². The standard InChI is InChI=1S/C17H15BrFN7O/c18-14-15(9-4-6-10(19)7-5-9)24-17(21)25-16(14)26(22)13(27)8-11-2-1-3-12(20)23-11/h1-7H,8,22H2,(H2,20,23)(H2,21,24,25). The van der Waals surface area contributed by atoms with Crippen LogP contribution in [0, 0.1) is 5.82 Å². The van der Waals surface area contributed by atoms with Crippen LogP contribution in [-0.4, -0.2) is 20.9 Å². The molecule has 8 nitrogen and oxygen atoms in total. The molecule has 138 valence electrons. The number of carbonyl (C=O) groups excluding carboxylic acids is 1. The Morgan fingerprint density at radius 3 is 2.44 bits per heavy atom. The van der Waals surface area contributed by atoms with Gasteiger partial charge in [-0.15, -0.1) is 0 Å². The topological polar surface area (TPSA) is 137 Å². The van der Waals surface area contributed by atoms with Gasteiger partial charge in [-0.25, -0.2) is 25.2 Å². The Morgan fingerprint density at radius 1 is 1.07 bits per heavy atom. The lowest BCUT2D eigenvalue weighted by atomic mass is 10.1. The van der Waals surface area contributed by atoms with Crippen molar-refractivity contribution in [2.75, 3.05) is 16.5 Å². The number of carbonyl (C=O) groups is 1. The number of amides is 1. The van der Waals surface area contributed by atoms with E-state index in [1.807, 2.05) is 0 Å². The molecule has 0 bridgehead atoms. The smallest absolute Gasteiger partial charge is 0.248 e. The van der Waals surface area contributed by atoms with E-state index >= 15 is 0 Å². The second-order valence-electron chi connectivity index (χ2n) is 5.57. The van der Waals surface area contributed by atoms with Gasteiger partial charge in [0.1, 0.15) is 11.6 Å². The lowest BCUT2D eigenvalue weighted by Gasteiger charge is -2.18. The highest BCUT2D eigenvalue weighted by atomic mass is 79.9. The molecule has 0 aliphatic rings. The Bertz CT molecular complexity index is 997. The fourth-order valence-electron chi connectivity index (χ4n) is 2.37. The number of nitrogens with two attached hydrogens (primary N) is 3. The molecule has 0 aliphatic heterocycles. The Labute approximate surface area is 162 Å². The van der Waals surface area contributed by atoms with Gasteiger partial charge in [-0.2, -0.15) is 4.98 Å². The van der Waals surface area contributed by atoms with E-state index in [1.54, 1.807) is 18.2 Å². The SMILES string of the molecule is Nc1cccc(CC(=O)N(N)c2nc(N)nc(-c3ccc(F)cc3)c2Br)n1. The number of rotatable bonds is 4. The Balaban J connectivity index is 1.93. The molecule has 2 heterocycles. The second-order valence-corrected chi connectivity index (χ2v) is 6.36. The predicted molar refractivity (Wildman–Crippen MR) is 104 cm³/mol. The number of aromatic nitrogens is 3. The number of halogens is 2. The second kappa shape index (κ2) is 7.64. The summed E-state index contributed by atoms with van der Waals surface area (Å²) in [7, 11) is 0. The molecule has 0 spiro atoms. The summed E-state index contributed by atoms with van der Waals surface area (Å²) in [5.74, 6) is 5.39. The third-order valence-corrected chi connectivity index (χ3v) is 4.36. The molecule has 6 N–H and O–H groups in total. The zero-order valence-corrected chi connectivity index (χ0v) is 15.5. The highest BCUT2D eigenvalue weighted by molar-refractivity contribution is 9.10. The molecule has 0 atom stereocenters. The molecule has 2 aromatic heterocycles. The van der Waals surface area contributed by atoms with Crippen molar-refractivity contribution in [3.8, 4) is 11.3 Å². The number of hydrazine groups is 1. The van der Waals surface area contributed by atoms with Crippen LogP contribution in [0.2, 0.25) is 0 Å². The number of nitrogens with zero attached hydrogens (tertiary/aromatic N) is 4. The van der Waals surface area contributed by atoms with E-state index in [4.69, 9.17) is 17.3 Å². The van der Waals surface area contributed by atoms with Gasteiger partial charge in [0.25, 0.3) is 0 Å². The number of benzene rings is 1. The number of anilines is 3. The summed E-state index contributed by atoms with van der Waals surface area (Å²) in [5.41, 5.74) is 12.8. The highest BCUT2D eigenvalue weighted by Gasteiger charge is 2.21. The van der Waals surface area contributed by atoms with E-state index in [0.29, 0.717) is 27.2 Å². The molecule has 0 aliphatic carbocycles. The molecule has 3 aromatic rings. The van der Waals surface area contributed by atoms with Gasteiger partial charge < -0.3 is 11.5 Å². The number of hydrogen-bond donors (Lipinski definition) is 3. The van der Waals surface area contributed by atoms with Gasteiger partial charge in [-0.1, -0.05) is 6.07 Å². The molecule has 10 heteroatoms. The Kier molecular flexibility index (Phi) is 5.28. The Hall–Kier alpha value is -3.11. The lowest BCUT2D eigenvalue weighted by molar-refractivity contribution is -0.118. The molecular weight excluding hydrogens is 417 g/mol. The summed E-state index contributed by atoms with van der Waals surface area (Å²) in [6, 6.07) is 10.6. The molecule has 1 aromatic carbocycles. The van der Waals surface area contributed by atoms with Crippen molar-refractivity contribution in [1.82, 2.24) is 15.0 Å². The molecule has 0 radical (unpaired) electrons. The van der Waals surface area contributed by atoms with Crippen LogP contribution in [0.5, 0.6) is 0 Å². The molecule has 3 rings (SSSR count). The van der Waals surface area contributed by atoms with Crippen molar-refractivity contribution in [1.29, 1.82) is 0 Å². The van der Waals surface area contributed by atoms with E-state index in [2.05, 4.69) is 30.9 Å². The van der Waals surface area contributed by atoms with Crippen LogP contribution in [-0.2, 0) is 11.2 Å². The maximum Gasteiger partial charge on any atom is 0.248 e. The minimum absolute atomic E-state index is 0.0794. The summed E-state index contributed by atoms with van der Waals surface area (Å²) in [6.07, 6.45) is -0.0796. The fraction of sp³-hybridized carbons (Fsp3) is 0.0588. The molecule has 0 fully saturated rings. The number of hydrogen-bond acceptors (Lipinski definition) is 7. The first-order valence-corrected chi connectivity index (χ1v) is 8.52. The first kappa shape index (κ1) is 18.7. The first-order chi connectivity index (χ1) is 12.8. The van der Waals surface area contributed by atoms with Crippen LogP contribution in [0.25, 0.3) is 11.3 Å². The van der Waals surface area contributed by atoms with Gasteiger partial charge in [0.05, 0.1) is 22.3 Å². The predicted octanol–water partition coefficient (Wildman–Crippen LogP) is 2.05. The lowest BCUT2D eigenvalue weighted by Crippen LogP contribution is -2.40. The molecule has 1 amide bonds. The van der Waals surface area contributed by atoms with Crippen LogP contribution in [0.1, 0.15) is 5.69 Å². The van der Waals surface area contributed by atoms with E-state index in [-0.39, 0.29) is 24.0 Å². The van der Waals surface area contributed by atoms with Gasteiger partial charge >= 0.3 is 0 Å². The summed E-state index contributed by atoms with van der Waals surface area (Å²) >= 11 is 3.35. The van der Waals surface area contributed by atoms with Gasteiger partial charge in [0.15, 0.2) is 5.82 Å². The average molecular weight is 432 g/mol. The van der Waals surface area contributed by atoms with E-state index in [9.17, 15) is 9.18 Å². The maximum atomic E-state index is 13.2. The molecular formula is C17H15BrFN7O. The zero-order valence-electron chi connectivity index (χ0n) is 13.9. The quantitative estimate of drug-likeness (QED) is 0.326. The fourth-order valence-corrected chi connectivity index (χ4v) is 2.96. The van der Waals surface area contributed by atoms with Crippen LogP contribution < -0.4 is 22.3 Å². The normalized spacial score (nSPS) is 10.6. The van der Waals surface area contributed by atoms with Crippen LogP contribution in [0.4, 0.5) is 22.0 Å². The third kappa shape index (κ3) is 4.18. The van der Waals surface area contributed by atoms with Gasteiger partial charge in [0, 0.05) is 5.56 Å². The minimum Gasteiger partial charge on any atom is -0.384 e. The van der Waals surface area contributed by atoms with Crippen LogP contribution in [0.15, 0.2) is 46.9 Å². The van der Waals surface area contributed by atoms with E-state index in [0.717, 1.165) is 5.01 Å². The molecule has 0 unspecified atom stereocenters. The number of nitrogen functional groups attached to an aromatic ring is 2. The summed E-state index contributed by atoms with van der Waals surface area (Å²) in [4.78, 5) is 24.8. The van der Waals surface area contributed by atoms with Crippen molar-refractivity contribution in [3.63, 3.8) is 0 Å². The Morgan fingerprint density at radius 2 is 1.78 bits per heavy atom. The van der Waals surface area contributed by atoms with E-state index in [1.165, 1.54) is 24.3 Å². The van der Waals surface area contributed by atoms with Crippen LogP contribution in [0.3, 0.4) is 0 Å². The van der Waals surface area contributed by atoms with Gasteiger partial charge in [-0.05, 0) is 52.3 Å². The summed E-state index contributed by atoms with van der Waals surface area (Å²) < 4.78 is 13.5. The summed E-state index contributed by atoms with van der Waals surface area (Å²) in [5, 5.41) is 0.861. The number of pyridine rings is 1. The first-order valence-electron chi connectivity index (χ1n) is 7.73. The summed E-state index contributed by atoms with van der Waals surface area (Å²) in [6.45, 7) is 0. The third-order valence-electron chi connectivity index (χ3n) is 3.63. The minimum atomic E-state index is -0.475. The molecule has 0 saturated heterocycles. The molecule has 0 saturated carbocycles. The van der Waals surface area contributed by atoms with Gasteiger partial charge in [0.2, 0.25) is 11.9 Å². The van der Waals surface area contributed by atoms with Crippen molar-refractivity contribution < 1.29 is 9.18 Å². The molecule has 27 heavy (non-hydrogen) atoms. The highest BCUT2D eigenvalue weighted by Crippen LogP contribution is 2.33. The van der Waals surface area contributed by atoms with E-state index < -0.39 is 5.91 Å². The van der Waals surface area contributed by atoms with Crippen LogP contribution >= 0.6 is 15.9 Å². The largest absolute Gasteiger partial charge is 0.384 e. The average Bonchev–Trinajstić information content (AvgIpc) is 2.63. The van der Waals surface area contributed by atoms with Crippen molar-refractivity contribution in [3.05, 3.63) is 58.4 Å².